The molecule has 140 valence electrons. The average Bonchev–Trinajstić information content (AvgIpc) is 2.72. The van der Waals surface area contributed by atoms with E-state index in [1.807, 2.05) is 0 Å². The number of anilines is 1. The highest BCUT2D eigenvalue weighted by Gasteiger charge is 2.09. The Kier molecular flexibility index (Phi) is 6.52. The Morgan fingerprint density at radius 3 is 2.29 bits per heavy atom. The minimum Gasteiger partial charge on any atom is -0.338 e. The monoisotopic (exact) mass is 457 g/mol. The van der Waals surface area contributed by atoms with Crippen LogP contribution >= 0.6 is 27.5 Å². The zero-order valence-electron chi connectivity index (χ0n) is 14.3. The van der Waals surface area contributed by atoms with Crippen molar-refractivity contribution in [2.45, 2.75) is 0 Å². The number of nitrogens with one attached hydrogen (secondary N) is 1. The molecular weight excluding hydrogens is 446 g/mol. The van der Waals surface area contributed by atoms with Gasteiger partial charge in [-0.25, -0.2) is 10.3 Å². The van der Waals surface area contributed by atoms with Gasteiger partial charge in [0.05, 0.1) is 27.5 Å². The first kappa shape index (κ1) is 19.7. The van der Waals surface area contributed by atoms with Crippen molar-refractivity contribution in [3.63, 3.8) is 0 Å². The van der Waals surface area contributed by atoms with Crippen LogP contribution in [-0.4, -0.2) is 11.9 Å². The number of hydrogen-bond donors (Lipinski definition) is 1. The Balaban J connectivity index is 1.57. The van der Waals surface area contributed by atoms with Crippen molar-refractivity contribution in [2.75, 3.05) is 5.48 Å². The smallest absolute Gasteiger partial charge is 0.338 e. The van der Waals surface area contributed by atoms with Gasteiger partial charge in [0.15, 0.2) is 0 Å². The fourth-order valence-corrected chi connectivity index (χ4v) is 2.62. The maximum absolute atomic E-state index is 12.0. The van der Waals surface area contributed by atoms with E-state index < -0.39 is 11.9 Å². The largest absolute Gasteiger partial charge is 0.362 e. The maximum Gasteiger partial charge on any atom is 0.362 e. The Hall–Kier alpha value is -3.03. The van der Waals surface area contributed by atoms with Crippen LogP contribution in [0.25, 0.3) is 0 Å². The van der Waals surface area contributed by atoms with E-state index in [0.29, 0.717) is 22.0 Å². The first-order valence-corrected chi connectivity index (χ1v) is 9.23. The third kappa shape index (κ3) is 5.25. The minimum absolute atomic E-state index is 0.283. The van der Waals surface area contributed by atoms with Gasteiger partial charge >= 0.3 is 5.97 Å². The van der Waals surface area contributed by atoms with Crippen molar-refractivity contribution in [1.82, 2.24) is 0 Å². The standard InChI is InChI=1S/C20H13BrClN3O3/c21-14-7-5-13(6-8-14)20(27)28-25-16-11-9-15(10-12-16)23-24-19(26)17-3-1-2-4-18(17)22/h1-12,25H. The number of hydrogen-bond acceptors (Lipinski definition) is 5. The van der Waals surface area contributed by atoms with Crippen molar-refractivity contribution in [3.05, 3.63) is 93.4 Å². The van der Waals surface area contributed by atoms with E-state index in [9.17, 15) is 9.59 Å². The Morgan fingerprint density at radius 2 is 1.61 bits per heavy atom. The molecular formula is C20H13BrClN3O3. The lowest BCUT2D eigenvalue weighted by Gasteiger charge is -2.07. The van der Waals surface area contributed by atoms with E-state index in [2.05, 4.69) is 31.6 Å². The van der Waals surface area contributed by atoms with Crippen molar-refractivity contribution < 1.29 is 14.4 Å². The predicted molar refractivity (Wildman–Crippen MR) is 110 cm³/mol. The predicted octanol–water partition coefficient (Wildman–Crippen LogP) is 6.21. The lowest BCUT2D eigenvalue weighted by molar-refractivity contribution is 0.0596. The molecule has 3 aromatic rings. The van der Waals surface area contributed by atoms with Gasteiger partial charge in [0, 0.05) is 4.47 Å². The molecule has 0 radical (unpaired) electrons. The maximum atomic E-state index is 12.0. The quantitative estimate of drug-likeness (QED) is 0.364. The van der Waals surface area contributed by atoms with Gasteiger partial charge in [0.1, 0.15) is 0 Å². The zero-order chi connectivity index (χ0) is 19.9. The molecule has 6 nitrogen and oxygen atoms in total. The SMILES string of the molecule is O=C(ONc1ccc(N=NC(=O)c2ccccc2Cl)cc1)c1ccc(Br)cc1. The number of halogens is 2. The molecule has 0 heterocycles. The number of benzene rings is 3. The molecule has 3 rings (SSSR count). The molecule has 0 aromatic heterocycles. The molecule has 0 aliphatic carbocycles. The summed E-state index contributed by atoms with van der Waals surface area (Å²) in [6, 6.07) is 19.9. The second-order valence-electron chi connectivity index (χ2n) is 5.53. The number of azo groups is 1. The summed E-state index contributed by atoms with van der Waals surface area (Å²) in [5, 5.41) is 7.88. The summed E-state index contributed by atoms with van der Waals surface area (Å²) < 4.78 is 0.870. The van der Waals surface area contributed by atoms with Crippen LogP contribution < -0.4 is 5.48 Å². The van der Waals surface area contributed by atoms with E-state index in [1.165, 1.54) is 0 Å². The fourth-order valence-electron chi connectivity index (χ4n) is 2.14. The molecule has 0 bridgehead atoms. The van der Waals surface area contributed by atoms with E-state index in [0.717, 1.165) is 4.47 Å². The molecule has 28 heavy (non-hydrogen) atoms. The van der Waals surface area contributed by atoms with Crippen LogP contribution in [0.5, 0.6) is 0 Å². The summed E-state index contributed by atoms with van der Waals surface area (Å²) in [6.07, 6.45) is 0. The van der Waals surface area contributed by atoms with Gasteiger partial charge in [-0.15, -0.1) is 10.2 Å². The van der Waals surface area contributed by atoms with Crippen LogP contribution in [0.2, 0.25) is 5.02 Å². The molecule has 1 N–H and O–H groups in total. The molecule has 0 saturated heterocycles. The summed E-state index contributed by atoms with van der Waals surface area (Å²) in [7, 11) is 0. The van der Waals surface area contributed by atoms with E-state index >= 15 is 0 Å². The summed E-state index contributed by atoms with van der Waals surface area (Å²) in [5.74, 6) is -1.04. The average molecular weight is 459 g/mol. The third-order valence-corrected chi connectivity index (χ3v) is 4.43. The number of amides is 1. The van der Waals surface area contributed by atoms with Crippen molar-refractivity contribution in [3.8, 4) is 0 Å². The van der Waals surface area contributed by atoms with Gasteiger partial charge in [-0.3, -0.25) is 4.79 Å². The van der Waals surface area contributed by atoms with Gasteiger partial charge < -0.3 is 4.84 Å². The number of rotatable bonds is 5. The highest BCUT2D eigenvalue weighted by Crippen LogP contribution is 2.20. The Labute approximate surface area is 174 Å². The number of carbonyl (C=O) groups is 2. The summed E-state index contributed by atoms with van der Waals surface area (Å²) in [6.45, 7) is 0. The van der Waals surface area contributed by atoms with Gasteiger partial charge in [-0.05, 0) is 60.7 Å². The second-order valence-corrected chi connectivity index (χ2v) is 6.85. The molecule has 0 spiro atoms. The normalized spacial score (nSPS) is 10.6. The van der Waals surface area contributed by atoms with Crippen molar-refractivity contribution in [2.24, 2.45) is 10.2 Å². The Morgan fingerprint density at radius 1 is 0.929 bits per heavy atom. The third-order valence-electron chi connectivity index (χ3n) is 3.57. The zero-order valence-corrected chi connectivity index (χ0v) is 16.6. The van der Waals surface area contributed by atoms with Crippen LogP contribution in [0.15, 0.2) is 87.5 Å². The highest BCUT2D eigenvalue weighted by atomic mass is 79.9. The summed E-state index contributed by atoms with van der Waals surface area (Å²) in [5.41, 5.74) is 4.27. The molecule has 0 unspecified atom stereocenters. The molecule has 0 saturated carbocycles. The first-order valence-electron chi connectivity index (χ1n) is 8.06. The molecule has 0 fully saturated rings. The van der Waals surface area contributed by atoms with Gasteiger partial charge in [-0.2, -0.15) is 0 Å². The fraction of sp³-hybridized carbons (Fsp3) is 0. The molecule has 0 aliphatic rings. The lowest BCUT2D eigenvalue weighted by atomic mass is 10.2. The van der Waals surface area contributed by atoms with E-state index in [1.54, 1.807) is 72.8 Å². The van der Waals surface area contributed by atoms with Crippen molar-refractivity contribution >= 4 is 50.8 Å². The first-order chi connectivity index (χ1) is 13.5. The van der Waals surface area contributed by atoms with Gasteiger partial charge in [-0.1, -0.05) is 39.7 Å². The molecule has 1 amide bonds. The van der Waals surface area contributed by atoms with Crippen molar-refractivity contribution in [1.29, 1.82) is 0 Å². The number of nitrogens with zero attached hydrogens (tertiary/aromatic N) is 2. The summed E-state index contributed by atoms with van der Waals surface area (Å²) >= 11 is 9.26. The van der Waals surface area contributed by atoms with E-state index in [4.69, 9.17) is 16.4 Å². The second kappa shape index (κ2) is 9.25. The topological polar surface area (TPSA) is 80.1 Å². The molecule has 0 atom stereocenters. The summed E-state index contributed by atoms with van der Waals surface area (Å²) in [4.78, 5) is 29.0. The van der Waals surface area contributed by atoms with Gasteiger partial charge in [0.2, 0.25) is 0 Å². The van der Waals surface area contributed by atoms with Crippen LogP contribution in [-0.2, 0) is 4.84 Å². The van der Waals surface area contributed by atoms with E-state index in [-0.39, 0.29) is 5.56 Å². The molecule has 3 aromatic carbocycles. The lowest BCUT2D eigenvalue weighted by Crippen LogP contribution is -2.10. The Bertz CT molecular complexity index is 1020. The minimum atomic E-state index is -0.531. The van der Waals surface area contributed by atoms with Gasteiger partial charge in [0.25, 0.3) is 5.91 Å². The van der Waals surface area contributed by atoms with Crippen LogP contribution in [0.1, 0.15) is 20.7 Å². The van der Waals surface area contributed by atoms with Crippen LogP contribution in [0, 0.1) is 0 Å². The van der Waals surface area contributed by atoms with Crippen LogP contribution in [0.4, 0.5) is 11.4 Å². The van der Waals surface area contributed by atoms with Crippen LogP contribution in [0.3, 0.4) is 0 Å². The molecule has 0 aliphatic heterocycles. The highest BCUT2D eigenvalue weighted by molar-refractivity contribution is 9.10. The molecule has 8 heteroatoms. The number of carbonyl (C=O) groups excluding carboxylic acids is 2.